The fraction of sp³-hybridized carbons (Fsp3) is 0.857. The third kappa shape index (κ3) is 7.01. The van der Waals surface area contributed by atoms with Gasteiger partial charge in [-0.05, 0) is 7.05 Å². The molecule has 1 atom stereocenters. The van der Waals surface area contributed by atoms with E-state index in [9.17, 15) is 22.0 Å². The summed E-state index contributed by atoms with van der Waals surface area (Å²) >= 11 is 0. The van der Waals surface area contributed by atoms with E-state index in [2.05, 4.69) is 10.9 Å². The molecular weight excluding hydrogens is 249 g/mol. The SMILES string of the molecule is CNNC(C#N)(NCC(F)F)NCC(F)(F)F. The van der Waals surface area contributed by atoms with Crippen LogP contribution in [0.15, 0.2) is 0 Å². The highest BCUT2D eigenvalue weighted by Gasteiger charge is 2.35. The van der Waals surface area contributed by atoms with Gasteiger partial charge in [0.1, 0.15) is 6.07 Å². The van der Waals surface area contributed by atoms with Crippen molar-refractivity contribution in [1.82, 2.24) is 21.5 Å². The lowest BCUT2D eigenvalue weighted by molar-refractivity contribution is -0.129. The van der Waals surface area contributed by atoms with E-state index in [4.69, 9.17) is 5.26 Å². The van der Waals surface area contributed by atoms with Gasteiger partial charge in [0.2, 0.25) is 5.79 Å². The Kier molecular flexibility index (Phi) is 6.25. The van der Waals surface area contributed by atoms with Gasteiger partial charge in [-0.3, -0.25) is 16.1 Å². The van der Waals surface area contributed by atoms with Gasteiger partial charge in [-0.2, -0.15) is 18.4 Å². The maximum absolute atomic E-state index is 12.0. The molecule has 5 nitrogen and oxygen atoms in total. The van der Waals surface area contributed by atoms with E-state index < -0.39 is 31.5 Å². The van der Waals surface area contributed by atoms with Gasteiger partial charge in [0.25, 0.3) is 6.43 Å². The van der Waals surface area contributed by atoms with Gasteiger partial charge in [0.05, 0.1) is 13.1 Å². The minimum atomic E-state index is -4.57. The molecule has 0 saturated heterocycles. The van der Waals surface area contributed by atoms with Crippen LogP contribution in [0.1, 0.15) is 0 Å². The van der Waals surface area contributed by atoms with E-state index in [0.717, 1.165) is 0 Å². The van der Waals surface area contributed by atoms with Crippen molar-refractivity contribution in [2.24, 2.45) is 0 Å². The van der Waals surface area contributed by atoms with Crippen molar-refractivity contribution in [3.05, 3.63) is 0 Å². The van der Waals surface area contributed by atoms with Crippen molar-refractivity contribution in [1.29, 1.82) is 5.26 Å². The van der Waals surface area contributed by atoms with Crippen molar-refractivity contribution in [2.45, 2.75) is 18.4 Å². The van der Waals surface area contributed by atoms with Gasteiger partial charge in [0.15, 0.2) is 0 Å². The number of nitrogens with one attached hydrogen (secondary N) is 4. The van der Waals surface area contributed by atoms with E-state index in [-0.39, 0.29) is 0 Å². The van der Waals surface area contributed by atoms with Crippen LogP contribution in [0.3, 0.4) is 0 Å². The zero-order chi connectivity index (χ0) is 13.5. The molecule has 0 rings (SSSR count). The minimum Gasteiger partial charge on any atom is -0.268 e. The van der Waals surface area contributed by atoms with Crippen molar-refractivity contribution < 1.29 is 22.0 Å². The number of nitriles is 1. The van der Waals surface area contributed by atoms with E-state index in [1.165, 1.54) is 13.1 Å². The largest absolute Gasteiger partial charge is 0.401 e. The monoisotopic (exact) mass is 261 g/mol. The van der Waals surface area contributed by atoms with Gasteiger partial charge >= 0.3 is 6.18 Å². The Labute approximate surface area is 94.3 Å². The summed E-state index contributed by atoms with van der Waals surface area (Å²) in [6.07, 6.45) is -7.36. The number of rotatable bonds is 7. The number of hydrogen-bond acceptors (Lipinski definition) is 5. The van der Waals surface area contributed by atoms with Crippen molar-refractivity contribution in [3.63, 3.8) is 0 Å². The third-order valence-electron chi connectivity index (χ3n) is 1.56. The predicted octanol–water partition coefficient (Wildman–Crippen LogP) is -0.106. The quantitative estimate of drug-likeness (QED) is 0.292. The van der Waals surface area contributed by atoms with Crippen LogP contribution in [0.25, 0.3) is 0 Å². The summed E-state index contributed by atoms with van der Waals surface area (Å²) in [4.78, 5) is 0. The molecule has 1 unspecified atom stereocenters. The normalized spacial score (nSPS) is 15.6. The molecular formula is C7H12F5N5. The lowest BCUT2D eigenvalue weighted by Gasteiger charge is -2.30. The van der Waals surface area contributed by atoms with Gasteiger partial charge in [0, 0.05) is 0 Å². The Bertz CT molecular complexity index is 262. The van der Waals surface area contributed by atoms with Crippen LogP contribution < -0.4 is 21.5 Å². The lowest BCUT2D eigenvalue weighted by atomic mass is 10.3. The standard InChI is InChI=1S/C7H12F5N5/c1-14-17-7(3-13,15-2-5(8)9)16-4-6(10,11)12/h5,14-17H,2,4H2,1H3. The van der Waals surface area contributed by atoms with E-state index in [1.807, 2.05) is 5.32 Å². The molecule has 0 aliphatic heterocycles. The molecule has 100 valence electrons. The Morgan fingerprint density at radius 3 is 2.18 bits per heavy atom. The van der Waals surface area contributed by atoms with Crippen LogP contribution in [0.4, 0.5) is 22.0 Å². The Morgan fingerprint density at radius 1 is 1.24 bits per heavy atom. The van der Waals surface area contributed by atoms with Crippen LogP contribution in [0, 0.1) is 11.3 Å². The molecule has 0 bridgehead atoms. The molecule has 17 heavy (non-hydrogen) atoms. The summed E-state index contributed by atoms with van der Waals surface area (Å²) in [7, 11) is 1.28. The molecule has 10 heteroatoms. The fourth-order valence-corrected chi connectivity index (χ4v) is 0.908. The molecule has 0 aromatic heterocycles. The Hall–Kier alpha value is -1.02. The summed E-state index contributed by atoms with van der Waals surface area (Å²) in [5.74, 6) is -2.12. The van der Waals surface area contributed by atoms with Crippen molar-refractivity contribution in [3.8, 4) is 6.07 Å². The van der Waals surface area contributed by atoms with Crippen LogP contribution in [0.2, 0.25) is 0 Å². The lowest BCUT2D eigenvalue weighted by Crippen LogP contribution is -2.70. The minimum absolute atomic E-state index is 0.937. The molecule has 0 amide bonds. The number of nitrogens with zero attached hydrogens (tertiary/aromatic N) is 1. The molecule has 0 fully saturated rings. The second-order valence-corrected chi connectivity index (χ2v) is 2.98. The number of alkyl halides is 5. The summed E-state index contributed by atoms with van der Waals surface area (Å²) in [6, 6.07) is 1.42. The Morgan fingerprint density at radius 2 is 1.82 bits per heavy atom. The molecule has 0 radical (unpaired) electrons. The predicted molar refractivity (Wildman–Crippen MR) is 48.6 cm³/mol. The van der Waals surface area contributed by atoms with E-state index in [1.54, 1.807) is 5.32 Å². The molecule has 0 saturated carbocycles. The average molecular weight is 261 g/mol. The second kappa shape index (κ2) is 6.65. The average Bonchev–Trinajstić information content (AvgIpc) is 2.21. The summed E-state index contributed by atoms with van der Waals surface area (Å²) in [5.41, 5.74) is 4.32. The first-order valence-corrected chi connectivity index (χ1v) is 4.45. The van der Waals surface area contributed by atoms with Crippen LogP contribution in [-0.4, -0.2) is 38.5 Å². The second-order valence-electron chi connectivity index (χ2n) is 2.98. The maximum Gasteiger partial charge on any atom is 0.401 e. The van der Waals surface area contributed by atoms with Gasteiger partial charge < -0.3 is 0 Å². The third-order valence-corrected chi connectivity index (χ3v) is 1.56. The first kappa shape index (κ1) is 16.0. The molecule has 4 N–H and O–H groups in total. The van der Waals surface area contributed by atoms with Crippen LogP contribution in [-0.2, 0) is 0 Å². The highest BCUT2D eigenvalue weighted by molar-refractivity contribution is 5.02. The first-order chi connectivity index (χ1) is 7.74. The Balaban J connectivity index is 4.54. The molecule has 0 spiro atoms. The summed E-state index contributed by atoms with van der Waals surface area (Å²) in [6.45, 7) is -2.45. The smallest absolute Gasteiger partial charge is 0.268 e. The van der Waals surface area contributed by atoms with Crippen molar-refractivity contribution in [2.75, 3.05) is 20.1 Å². The highest BCUT2D eigenvalue weighted by atomic mass is 19.4. The molecule has 0 aliphatic carbocycles. The zero-order valence-corrected chi connectivity index (χ0v) is 8.83. The van der Waals surface area contributed by atoms with Crippen LogP contribution >= 0.6 is 0 Å². The van der Waals surface area contributed by atoms with Crippen LogP contribution in [0.5, 0.6) is 0 Å². The molecule has 0 aliphatic rings. The van der Waals surface area contributed by atoms with Gasteiger partial charge in [-0.15, -0.1) is 0 Å². The summed E-state index contributed by atoms with van der Waals surface area (Å²) in [5, 5.41) is 12.5. The number of hydrogen-bond donors (Lipinski definition) is 4. The molecule has 0 aromatic rings. The fourth-order valence-electron chi connectivity index (χ4n) is 0.908. The molecule has 0 heterocycles. The first-order valence-electron chi connectivity index (χ1n) is 4.45. The highest BCUT2D eigenvalue weighted by Crippen LogP contribution is 2.13. The topological polar surface area (TPSA) is 71.9 Å². The van der Waals surface area contributed by atoms with E-state index >= 15 is 0 Å². The van der Waals surface area contributed by atoms with Crippen molar-refractivity contribution >= 4 is 0 Å². The zero-order valence-electron chi connectivity index (χ0n) is 8.83. The van der Waals surface area contributed by atoms with Gasteiger partial charge in [-0.1, -0.05) is 0 Å². The number of halogens is 5. The molecule has 0 aromatic carbocycles. The maximum atomic E-state index is 12.0. The van der Waals surface area contributed by atoms with Gasteiger partial charge in [-0.25, -0.2) is 14.2 Å². The van der Waals surface area contributed by atoms with E-state index in [0.29, 0.717) is 0 Å². The number of hydrazine groups is 1. The summed E-state index contributed by atoms with van der Waals surface area (Å²) < 4.78 is 59.8.